The minimum absolute atomic E-state index is 0.0393. The molecule has 0 fully saturated rings. The summed E-state index contributed by atoms with van der Waals surface area (Å²) in [6.45, 7) is 4.61. The van der Waals surface area contributed by atoms with Crippen molar-refractivity contribution in [1.82, 2.24) is 15.5 Å². The highest BCUT2D eigenvalue weighted by molar-refractivity contribution is 5.77. The lowest BCUT2D eigenvalue weighted by Gasteiger charge is -2.18. The van der Waals surface area contributed by atoms with Crippen LogP contribution >= 0.6 is 0 Å². The highest BCUT2D eigenvalue weighted by atomic mass is 16.4. The zero-order valence-corrected chi connectivity index (χ0v) is 13.3. The Balaban J connectivity index is 4.01. The maximum absolute atomic E-state index is 11.6. The third-order valence-electron chi connectivity index (χ3n) is 2.94. The number of aliphatic carboxylic acids is 1. The average molecular weight is 301 g/mol. The summed E-state index contributed by atoms with van der Waals surface area (Å²) in [4.78, 5) is 35.1. The van der Waals surface area contributed by atoms with Gasteiger partial charge in [0, 0.05) is 40.0 Å². The van der Waals surface area contributed by atoms with Gasteiger partial charge in [-0.3, -0.25) is 9.59 Å². The molecule has 0 saturated heterocycles. The fourth-order valence-electron chi connectivity index (χ4n) is 1.96. The predicted octanol–water partition coefficient (Wildman–Crippen LogP) is 0.901. The molecular formula is C14H27N3O4. The molecule has 0 aromatic rings. The van der Waals surface area contributed by atoms with Gasteiger partial charge in [-0.05, 0) is 18.3 Å². The lowest BCUT2D eigenvalue weighted by Crippen LogP contribution is -2.40. The van der Waals surface area contributed by atoms with E-state index in [1.54, 1.807) is 14.1 Å². The van der Waals surface area contributed by atoms with Crippen LogP contribution in [0.15, 0.2) is 0 Å². The maximum atomic E-state index is 11.6. The number of hydrogen-bond acceptors (Lipinski definition) is 3. The van der Waals surface area contributed by atoms with Gasteiger partial charge in [-0.25, -0.2) is 4.79 Å². The molecule has 0 aromatic carbocycles. The molecule has 0 aromatic heterocycles. The Hall–Kier alpha value is -1.79. The van der Waals surface area contributed by atoms with Gasteiger partial charge in [0.1, 0.15) is 0 Å². The van der Waals surface area contributed by atoms with Crippen LogP contribution in [-0.4, -0.2) is 55.1 Å². The second kappa shape index (κ2) is 10.0. The number of nitrogens with zero attached hydrogens (tertiary/aromatic N) is 1. The fraction of sp³-hybridized carbons (Fsp3) is 0.786. The number of amides is 3. The van der Waals surface area contributed by atoms with E-state index in [0.717, 1.165) is 6.42 Å². The SMILES string of the molecule is CC(C)C[C@H](CNC(=O)NCCC(=O)N(C)C)CC(=O)O. The highest BCUT2D eigenvalue weighted by Crippen LogP contribution is 2.14. The van der Waals surface area contributed by atoms with Crippen molar-refractivity contribution in [2.24, 2.45) is 11.8 Å². The highest BCUT2D eigenvalue weighted by Gasteiger charge is 2.16. The van der Waals surface area contributed by atoms with Crippen molar-refractivity contribution in [3.05, 3.63) is 0 Å². The van der Waals surface area contributed by atoms with Crippen molar-refractivity contribution in [2.75, 3.05) is 27.2 Å². The standard InChI is InChI=1S/C14H27N3O4/c1-10(2)7-11(8-13(19)20)9-16-14(21)15-6-5-12(18)17(3)4/h10-11H,5-9H2,1-4H3,(H,19,20)(H2,15,16,21)/t11-/m0/s1. The van der Waals surface area contributed by atoms with Crippen molar-refractivity contribution < 1.29 is 19.5 Å². The molecule has 0 radical (unpaired) electrons. The monoisotopic (exact) mass is 301 g/mol. The van der Waals surface area contributed by atoms with Gasteiger partial charge in [0.25, 0.3) is 0 Å². The number of hydrogen-bond donors (Lipinski definition) is 3. The van der Waals surface area contributed by atoms with E-state index >= 15 is 0 Å². The van der Waals surface area contributed by atoms with Crippen LogP contribution in [0.25, 0.3) is 0 Å². The van der Waals surface area contributed by atoms with Crippen LogP contribution in [0.5, 0.6) is 0 Å². The smallest absolute Gasteiger partial charge is 0.314 e. The van der Waals surface area contributed by atoms with Gasteiger partial charge < -0.3 is 20.6 Å². The van der Waals surface area contributed by atoms with Crippen LogP contribution < -0.4 is 10.6 Å². The summed E-state index contributed by atoms with van der Waals surface area (Å²) in [6, 6.07) is -0.374. The molecule has 0 spiro atoms. The zero-order valence-electron chi connectivity index (χ0n) is 13.3. The zero-order chi connectivity index (χ0) is 16.4. The molecule has 0 aliphatic rings. The molecule has 0 aliphatic carbocycles. The van der Waals surface area contributed by atoms with Gasteiger partial charge in [0.05, 0.1) is 0 Å². The Kier molecular flexibility index (Phi) is 9.16. The summed E-state index contributed by atoms with van der Waals surface area (Å²) in [7, 11) is 3.32. The lowest BCUT2D eigenvalue weighted by atomic mass is 9.94. The van der Waals surface area contributed by atoms with Crippen molar-refractivity contribution >= 4 is 17.9 Å². The summed E-state index contributed by atoms with van der Waals surface area (Å²) < 4.78 is 0. The molecule has 0 bridgehead atoms. The summed E-state index contributed by atoms with van der Waals surface area (Å²) in [5.41, 5.74) is 0. The number of urea groups is 1. The van der Waals surface area contributed by atoms with Crippen molar-refractivity contribution in [2.45, 2.75) is 33.1 Å². The molecule has 122 valence electrons. The molecule has 0 aliphatic heterocycles. The number of carbonyl (C=O) groups excluding carboxylic acids is 2. The molecule has 1 atom stereocenters. The van der Waals surface area contributed by atoms with Gasteiger partial charge in [-0.15, -0.1) is 0 Å². The molecule has 0 heterocycles. The summed E-state index contributed by atoms with van der Waals surface area (Å²) in [5, 5.41) is 14.1. The average Bonchev–Trinajstić information content (AvgIpc) is 2.34. The maximum Gasteiger partial charge on any atom is 0.314 e. The van der Waals surface area contributed by atoms with Gasteiger partial charge in [-0.2, -0.15) is 0 Å². The Morgan fingerprint density at radius 1 is 1.14 bits per heavy atom. The Morgan fingerprint density at radius 3 is 2.24 bits per heavy atom. The number of carboxylic acid groups (broad SMARTS) is 1. The Bertz CT molecular complexity index is 356. The minimum Gasteiger partial charge on any atom is -0.481 e. The van der Waals surface area contributed by atoms with Gasteiger partial charge in [-0.1, -0.05) is 13.8 Å². The van der Waals surface area contributed by atoms with Gasteiger partial charge in [0.2, 0.25) is 5.91 Å². The van der Waals surface area contributed by atoms with E-state index in [-0.39, 0.29) is 37.2 Å². The van der Waals surface area contributed by atoms with Crippen LogP contribution in [0.4, 0.5) is 4.79 Å². The summed E-state index contributed by atoms with van der Waals surface area (Å²) >= 11 is 0. The van der Waals surface area contributed by atoms with Crippen LogP contribution in [0.1, 0.15) is 33.1 Å². The first-order chi connectivity index (χ1) is 9.72. The van der Waals surface area contributed by atoms with E-state index in [1.807, 2.05) is 13.8 Å². The summed E-state index contributed by atoms with van der Waals surface area (Å²) in [6.07, 6.45) is 1.02. The number of nitrogens with one attached hydrogen (secondary N) is 2. The molecule has 7 nitrogen and oxygen atoms in total. The summed E-state index contributed by atoms with van der Waals surface area (Å²) in [5.74, 6) is -0.633. The lowest BCUT2D eigenvalue weighted by molar-refractivity contribution is -0.138. The normalized spacial score (nSPS) is 11.9. The Morgan fingerprint density at radius 2 is 1.76 bits per heavy atom. The van der Waals surface area contributed by atoms with Crippen molar-refractivity contribution in [1.29, 1.82) is 0 Å². The first-order valence-corrected chi connectivity index (χ1v) is 7.16. The number of rotatable bonds is 9. The van der Waals surface area contributed by atoms with E-state index < -0.39 is 5.97 Å². The second-order valence-corrected chi connectivity index (χ2v) is 5.77. The molecule has 3 N–H and O–H groups in total. The second-order valence-electron chi connectivity index (χ2n) is 5.77. The molecule has 0 saturated carbocycles. The van der Waals surface area contributed by atoms with E-state index in [1.165, 1.54) is 4.90 Å². The van der Waals surface area contributed by atoms with Crippen LogP contribution in [0.2, 0.25) is 0 Å². The van der Waals surface area contributed by atoms with Crippen molar-refractivity contribution in [3.8, 4) is 0 Å². The molecule has 0 unspecified atom stereocenters. The first kappa shape index (κ1) is 19.2. The van der Waals surface area contributed by atoms with E-state index in [4.69, 9.17) is 5.11 Å². The Labute approximate surface area is 126 Å². The minimum atomic E-state index is -0.862. The van der Waals surface area contributed by atoms with Crippen LogP contribution in [-0.2, 0) is 9.59 Å². The van der Waals surface area contributed by atoms with Gasteiger partial charge in [0.15, 0.2) is 0 Å². The third kappa shape index (κ3) is 10.6. The van der Waals surface area contributed by atoms with E-state index in [2.05, 4.69) is 10.6 Å². The fourth-order valence-corrected chi connectivity index (χ4v) is 1.96. The predicted molar refractivity (Wildman–Crippen MR) is 79.9 cm³/mol. The van der Waals surface area contributed by atoms with Crippen LogP contribution in [0, 0.1) is 11.8 Å². The van der Waals surface area contributed by atoms with Crippen molar-refractivity contribution in [3.63, 3.8) is 0 Å². The van der Waals surface area contributed by atoms with E-state index in [0.29, 0.717) is 12.5 Å². The molecular weight excluding hydrogens is 274 g/mol. The molecule has 21 heavy (non-hydrogen) atoms. The third-order valence-corrected chi connectivity index (χ3v) is 2.94. The van der Waals surface area contributed by atoms with E-state index in [9.17, 15) is 14.4 Å². The number of carbonyl (C=O) groups is 3. The number of carboxylic acids is 1. The molecule has 7 heteroatoms. The molecule has 0 rings (SSSR count). The van der Waals surface area contributed by atoms with Gasteiger partial charge >= 0.3 is 12.0 Å². The topological polar surface area (TPSA) is 98.7 Å². The first-order valence-electron chi connectivity index (χ1n) is 7.16. The van der Waals surface area contributed by atoms with Crippen LogP contribution in [0.3, 0.4) is 0 Å². The largest absolute Gasteiger partial charge is 0.481 e. The quantitative estimate of drug-likeness (QED) is 0.589. The molecule has 3 amide bonds.